The lowest BCUT2D eigenvalue weighted by atomic mass is 10.2. The number of nitro groups is 1. The van der Waals surface area contributed by atoms with Gasteiger partial charge in [0.2, 0.25) is 11.7 Å². The van der Waals surface area contributed by atoms with Crippen LogP contribution in [-0.2, 0) is 11.3 Å². The van der Waals surface area contributed by atoms with E-state index in [0.717, 1.165) is 0 Å². The second-order valence-corrected chi connectivity index (χ2v) is 5.34. The first-order valence-electron chi connectivity index (χ1n) is 6.88. The molecule has 0 saturated heterocycles. The molecule has 0 saturated carbocycles. The number of nitrogens with zero attached hydrogens (tertiary/aromatic N) is 4. The molecule has 1 amide bonds. The van der Waals surface area contributed by atoms with Crippen LogP contribution in [-0.4, -0.2) is 49.1 Å². The van der Waals surface area contributed by atoms with Gasteiger partial charge in [0.15, 0.2) is 0 Å². The monoisotopic (exact) mass is 298 g/mol. The number of aliphatic hydroxyl groups is 1. The van der Waals surface area contributed by atoms with Crippen molar-refractivity contribution in [1.82, 2.24) is 14.5 Å². The summed E-state index contributed by atoms with van der Waals surface area (Å²) in [5.41, 5.74) is 0. The first kappa shape index (κ1) is 17.1. The summed E-state index contributed by atoms with van der Waals surface area (Å²) in [5.74, 6) is 0.187. The lowest BCUT2D eigenvalue weighted by Gasteiger charge is -2.28. The molecule has 1 N–H and O–H groups in total. The molecule has 118 valence electrons. The van der Waals surface area contributed by atoms with E-state index in [0.29, 0.717) is 12.4 Å². The molecular formula is C13H22N4O4. The van der Waals surface area contributed by atoms with Gasteiger partial charge in [-0.05, 0) is 30.7 Å². The highest BCUT2D eigenvalue weighted by Gasteiger charge is 2.20. The van der Waals surface area contributed by atoms with E-state index in [4.69, 9.17) is 0 Å². The van der Waals surface area contributed by atoms with Crippen LogP contribution in [0.2, 0.25) is 0 Å². The summed E-state index contributed by atoms with van der Waals surface area (Å²) < 4.78 is 1.59. The molecule has 1 aromatic rings. The van der Waals surface area contributed by atoms with Gasteiger partial charge in [0, 0.05) is 32.5 Å². The number of amides is 1. The topological polar surface area (TPSA) is 102 Å². The molecule has 0 aliphatic rings. The maximum atomic E-state index is 12.2. The molecule has 8 nitrogen and oxygen atoms in total. The van der Waals surface area contributed by atoms with Crippen molar-refractivity contribution in [3.05, 3.63) is 22.1 Å². The highest BCUT2D eigenvalue weighted by molar-refractivity contribution is 5.76. The van der Waals surface area contributed by atoms with Gasteiger partial charge in [0.05, 0.1) is 6.10 Å². The number of carbonyl (C=O) groups is 1. The molecule has 1 aromatic heterocycles. The van der Waals surface area contributed by atoms with Crippen LogP contribution in [0.1, 0.15) is 33.0 Å². The number of aromatic nitrogens is 2. The summed E-state index contributed by atoms with van der Waals surface area (Å²) in [7, 11) is 0. The van der Waals surface area contributed by atoms with Crippen LogP contribution in [0.25, 0.3) is 0 Å². The van der Waals surface area contributed by atoms with Gasteiger partial charge in [-0.1, -0.05) is 0 Å². The molecule has 1 rings (SSSR count). The second kappa shape index (κ2) is 7.16. The van der Waals surface area contributed by atoms with E-state index in [9.17, 15) is 20.0 Å². The second-order valence-electron chi connectivity index (χ2n) is 5.34. The average Bonchev–Trinajstić information content (AvgIpc) is 2.74. The Morgan fingerprint density at radius 2 is 2.14 bits per heavy atom. The van der Waals surface area contributed by atoms with E-state index >= 15 is 0 Å². The molecule has 0 bridgehead atoms. The number of hydrogen-bond donors (Lipinski definition) is 1. The third-order valence-corrected chi connectivity index (χ3v) is 3.12. The molecular weight excluding hydrogens is 276 g/mol. The van der Waals surface area contributed by atoms with Crippen molar-refractivity contribution < 1.29 is 14.8 Å². The van der Waals surface area contributed by atoms with Crippen molar-refractivity contribution in [3.63, 3.8) is 0 Å². The van der Waals surface area contributed by atoms with Crippen molar-refractivity contribution in [2.24, 2.45) is 0 Å². The van der Waals surface area contributed by atoms with Gasteiger partial charge in [0.25, 0.3) is 0 Å². The molecule has 0 fully saturated rings. The van der Waals surface area contributed by atoms with Crippen LogP contribution >= 0.6 is 0 Å². The number of aryl methyl sites for hydroxylation is 2. The summed E-state index contributed by atoms with van der Waals surface area (Å²) in [5, 5.41) is 20.1. The molecule has 1 heterocycles. The Kier molecular flexibility index (Phi) is 5.83. The average molecular weight is 298 g/mol. The summed E-state index contributed by atoms with van der Waals surface area (Å²) in [6.45, 7) is 7.66. The van der Waals surface area contributed by atoms with Crippen molar-refractivity contribution >= 4 is 11.7 Å². The lowest BCUT2D eigenvalue weighted by Crippen LogP contribution is -2.41. The summed E-state index contributed by atoms with van der Waals surface area (Å²) in [4.78, 5) is 27.7. The maximum absolute atomic E-state index is 12.2. The van der Waals surface area contributed by atoms with Crippen LogP contribution in [0, 0.1) is 17.0 Å². The third-order valence-electron chi connectivity index (χ3n) is 3.12. The zero-order valence-corrected chi connectivity index (χ0v) is 12.8. The molecule has 0 spiro atoms. The fraction of sp³-hybridized carbons (Fsp3) is 0.692. The van der Waals surface area contributed by atoms with E-state index in [1.54, 1.807) is 23.3 Å². The third kappa shape index (κ3) is 4.82. The van der Waals surface area contributed by atoms with Gasteiger partial charge >= 0.3 is 5.82 Å². The molecule has 0 aliphatic carbocycles. The zero-order chi connectivity index (χ0) is 16.2. The van der Waals surface area contributed by atoms with E-state index in [-0.39, 0.29) is 30.7 Å². The fourth-order valence-electron chi connectivity index (χ4n) is 2.05. The Morgan fingerprint density at radius 1 is 1.52 bits per heavy atom. The SMILES string of the molecule is Cc1nc([N+](=O)[O-])cn1CCC(=O)N(CC(C)O)C(C)C. The van der Waals surface area contributed by atoms with Crippen molar-refractivity contribution in [2.45, 2.75) is 52.8 Å². The minimum Gasteiger partial charge on any atom is -0.392 e. The predicted octanol–water partition coefficient (Wildman–Crippen LogP) is 1.11. The van der Waals surface area contributed by atoms with Crippen LogP contribution in [0.5, 0.6) is 0 Å². The van der Waals surface area contributed by atoms with E-state index in [1.165, 1.54) is 6.20 Å². The molecule has 0 aromatic carbocycles. The van der Waals surface area contributed by atoms with Gasteiger partial charge in [-0.3, -0.25) is 4.79 Å². The Bertz CT molecular complexity index is 510. The Morgan fingerprint density at radius 3 is 2.57 bits per heavy atom. The molecule has 1 atom stereocenters. The van der Waals surface area contributed by atoms with Crippen LogP contribution < -0.4 is 0 Å². The molecule has 1 unspecified atom stereocenters. The predicted molar refractivity (Wildman–Crippen MR) is 76.8 cm³/mol. The zero-order valence-electron chi connectivity index (χ0n) is 12.8. The van der Waals surface area contributed by atoms with Gasteiger partial charge in [-0.2, -0.15) is 0 Å². The molecule has 21 heavy (non-hydrogen) atoms. The maximum Gasteiger partial charge on any atom is 0.381 e. The number of imidazole rings is 1. The van der Waals surface area contributed by atoms with Gasteiger partial charge in [-0.15, -0.1) is 0 Å². The number of hydrogen-bond acceptors (Lipinski definition) is 5. The largest absolute Gasteiger partial charge is 0.392 e. The Hall–Kier alpha value is -1.96. The van der Waals surface area contributed by atoms with Gasteiger partial charge in [-0.25, -0.2) is 0 Å². The highest BCUT2D eigenvalue weighted by Crippen LogP contribution is 2.12. The molecule has 0 radical (unpaired) electrons. The number of rotatable bonds is 7. The van der Waals surface area contributed by atoms with Crippen molar-refractivity contribution in [2.75, 3.05) is 6.54 Å². The number of carbonyl (C=O) groups excluding carboxylic acids is 1. The number of aliphatic hydroxyl groups excluding tert-OH is 1. The van der Waals surface area contributed by atoms with E-state index in [2.05, 4.69) is 4.98 Å². The summed E-state index contributed by atoms with van der Waals surface area (Å²) >= 11 is 0. The minimum absolute atomic E-state index is 0.00896. The van der Waals surface area contributed by atoms with E-state index in [1.807, 2.05) is 13.8 Å². The Labute approximate surface area is 123 Å². The van der Waals surface area contributed by atoms with Crippen molar-refractivity contribution in [3.8, 4) is 0 Å². The summed E-state index contributed by atoms with van der Waals surface area (Å²) in [6, 6.07) is -0.00896. The highest BCUT2D eigenvalue weighted by atomic mass is 16.6. The standard InChI is InChI=1S/C13H22N4O4/c1-9(2)16(7-10(3)18)13(19)5-6-15-8-12(17(20)21)14-11(15)4/h8-10,18H,5-7H2,1-4H3. The fourth-order valence-corrected chi connectivity index (χ4v) is 2.05. The quantitative estimate of drug-likeness (QED) is 0.600. The van der Waals surface area contributed by atoms with Gasteiger partial charge < -0.3 is 24.7 Å². The minimum atomic E-state index is -0.590. The first-order chi connectivity index (χ1) is 9.72. The van der Waals surface area contributed by atoms with Crippen molar-refractivity contribution in [1.29, 1.82) is 0 Å². The molecule has 8 heteroatoms. The van der Waals surface area contributed by atoms with Gasteiger partial charge in [0.1, 0.15) is 6.20 Å². The molecule has 0 aliphatic heterocycles. The van der Waals surface area contributed by atoms with Crippen LogP contribution in [0.4, 0.5) is 5.82 Å². The van der Waals surface area contributed by atoms with Crippen LogP contribution in [0.15, 0.2) is 6.20 Å². The van der Waals surface area contributed by atoms with Crippen LogP contribution in [0.3, 0.4) is 0 Å². The normalized spacial score (nSPS) is 12.5. The Balaban J connectivity index is 2.68. The first-order valence-corrected chi connectivity index (χ1v) is 6.88. The smallest absolute Gasteiger partial charge is 0.381 e. The van der Waals surface area contributed by atoms with E-state index < -0.39 is 11.0 Å². The summed E-state index contributed by atoms with van der Waals surface area (Å²) in [6.07, 6.45) is 0.948. The lowest BCUT2D eigenvalue weighted by molar-refractivity contribution is -0.389.